The molecule has 0 radical (unpaired) electrons. The van der Waals surface area contributed by atoms with Crippen LogP contribution in [0.4, 0.5) is 0 Å². The number of ether oxygens (including phenoxy) is 1. The Morgan fingerprint density at radius 2 is 1.91 bits per heavy atom. The third kappa shape index (κ3) is 12.6. The van der Waals surface area contributed by atoms with Gasteiger partial charge in [0, 0.05) is 0 Å². The summed E-state index contributed by atoms with van der Waals surface area (Å²) in [6.45, 7) is 1.46. The molecule has 11 heavy (non-hydrogen) atoms. The highest BCUT2D eigenvalue weighted by atomic mass is 28.3. The molecule has 0 saturated carbocycles. The van der Waals surface area contributed by atoms with Gasteiger partial charge in [-0.25, -0.2) is 4.79 Å². The SMILES string of the molecule is COC=C(C)C(=O)O.[SiH3]O[SiH3]. The van der Waals surface area contributed by atoms with E-state index in [4.69, 9.17) is 5.11 Å². The highest BCUT2D eigenvalue weighted by Gasteiger charge is 1.96. The quantitative estimate of drug-likeness (QED) is 0.320. The van der Waals surface area contributed by atoms with E-state index in [0.717, 1.165) is 21.0 Å². The Morgan fingerprint density at radius 1 is 1.55 bits per heavy atom. The van der Waals surface area contributed by atoms with Crippen LogP contribution in [0.1, 0.15) is 6.92 Å². The van der Waals surface area contributed by atoms with Crippen LogP contribution in [0.5, 0.6) is 0 Å². The number of hydrogen-bond donors (Lipinski definition) is 1. The van der Waals surface area contributed by atoms with Gasteiger partial charge in [-0.3, -0.25) is 0 Å². The number of hydrogen-bond acceptors (Lipinski definition) is 3. The molecule has 0 aliphatic carbocycles. The van der Waals surface area contributed by atoms with Gasteiger partial charge in [-0.1, -0.05) is 0 Å². The summed E-state index contributed by atoms with van der Waals surface area (Å²) in [5.74, 6) is -0.952. The third-order valence-electron chi connectivity index (χ3n) is 0.632. The molecule has 0 aromatic carbocycles. The minimum absolute atomic E-state index is 0.201. The summed E-state index contributed by atoms with van der Waals surface area (Å²) in [4.78, 5) is 9.94. The van der Waals surface area contributed by atoms with Gasteiger partial charge in [-0.05, 0) is 6.92 Å². The second-order valence-corrected chi connectivity index (χ2v) is 5.02. The monoisotopic (exact) mass is 194 g/mol. The molecule has 0 aliphatic rings. The molecule has 0 fully saturated rings. The van der Waals surface area contributed by atoms with Crippen LogP contribution in [-0.4, -0.2) is 39.2 Å². The minimum atomic E-state index is -0.952. The van der Waals surface area contributed by atoms with Crippen molar-refractivity contribution < 1.29 is 18.8 Å². The molecule has 0 atom stereocenters. The van der Waals surface area contributed by atoms with Crippen molar-refractivity contribution in [3.05, 3.63) is 11.8 Å². The van der Waals surface area contributed by atoms with Crippen LogP contribution in [0.2, 0.25) is 0 Å². The molecule has 0 rings (SSSR count). The summed E-state index contributed by atoms with van der Waals surface area (Å²) in [6, 6.07) is 0. The van der Waals surface area contributed by atoms with Gasteiger partial charge in [-0.15, -0.1) is 0 Å². The van der Waals surface area contributed by atoms with Gasteiger partial charge < -0.3 is 14.0 Å². The molecule has 0 unspecified atom stereocenters. The molecular formula is C5H14O4Si2. The van der Waals surface area contributed by atoms with Gasteiger partial charge >= 0.3 is 5.97 Å². The van der Waals surface area contributed by atoms with Gasteiger partial charge in [0.2, 0.25) is 0 Å². The van der Waals surface area contributed by atoms with E-state index in [1.807, 2.05) is 0 Å². The summed E-state index contributed by atoms with van der Waals surface area (Å²) in [6.07, 6.45) is 1.18. The number of carbonyl (C=O) groups is 1. The van der Waals surface area contributed by atoms with Crippen LogP contribution in [0.15, 0.2) is 11.8 Å². The number of aliphatic carboxylic acids is 1. The zero-order valence-corrected chi connectivity index (χ0v) is 11.2. The van der Waals surface area contributed by atoms with Gasteiger partial charge in [-0.2, -0.15) is 0 Å². The van der Waals surface area contributed by atoms with Crippen LogP contribution in [-0.2, 0) is 13.6 Å². The van der Waals surface area contributed by atoms with Crippen molar-refractivity contribution in [1.82, 2.24) is 0 Å². The van der Waals surface area contributed by atoms with Crippen molar-refractivity contribution in [3.8, 4) is 0 Å². The lowest BCUT2D eigenvalue weighted by molar-refractivity contribution is -0.132. The topological polar surface area (TPSA) is 55.8 Å². The van der Waals surface area contributed by atoms with E-state index in [1.54, 1.807) is 0 Å². The summed E-state index contributed by atoms with van der Waals surface area (Å²) >= 11 is 0. The lowest BCUT2D eigenvalue weighted by atomic mass is 10.4. The Hall–Kier alpha value is -0.596. The van der Waals surface area contributed by atoms with Crippen molar-refractivity contribution in [2.75, 3.05) is 7.11 Å². The zero-order valence-electron chi connectivity index (χ0n) is 7.25. The van der Waals surface area contributed by atoms with Gasteiger partial charge in [0.1, 0.15) is 21.0 Å². The molecule has 1 N–H and O–H groups in total. The van der Waals surface area contributed by atoms with E-state index < -0.39 is 5.97 Å². The maximum absolute atomic E-state index is 9.94. The van der Waals surface area contributed by atoms with E-state index in [0.29, 0.717) is 0 Å². The van der Waals surface area contributed by atoms with Crippen LogP contribution in [0.25, 0.3) is 0 Å². The number of rotatable bonds is 2. The van der Waals surface area contributed by atoms with Gasteiger partial charge in [0.05, 0.1) is 18.9 Å². The average Bonchev–Trinajstić information content (AvgIpc) is 1.90. The maximum Gasteiger partial charge on any atom is 0.334 e. The van der Waals surface area contributed by atoms with E-state index >= 15 is 0 Å². The molecule has 6 heteroatoms. The number of carboxylic acids is 1. The van der Waals surface area contributed by atoms with E-state index in [9.17, 15) is 4.79 Å². The van der Waals surface area contributed by atoms with Crippen LogP contribution >= 0.6 is 0 Å². The fourth-order valence-corrected chi connectivity index (χ4v) is 0.227. The predicted molar refractivity (Wildman–Crippen MR) is 49.4 cm³/mol. The number of methoxy groups -OCH3 is 1. The van der Waals surface area contributed by atoms with Crippen molar-refractivity contribution in [3.63, 3.8) is 0 Å². The van der Waals surface area contributed by atoms with Crippen molar-refractivity contribution in [1.29, 1.82) is 0 Å². The molecule has 0 saturated heterocycles. The Bertz CT molecular complexity index is 134. The summed E-state index contributed by atoms with van der Waals surface area (Å²) in [7, 11) is 3.27. The molecule has 0 aromatic heterocycles. The Balaban J connectivity index is 0. The normalized spacial score (nSPS) is 10.2. The molecule has 0 aromatic rings. The highest BCUT2D eigenvalue weighted by Crippen LogP contribution is 1.89. The second-order valence-electron chi connectivity index (χ2n) is 1.75. The highest BCUT2D eigenvalue weighted by molar-refractivity contribution is 6.15. The molecule has 0 spiro atoms. The van der Waals surface area contributed by atoms with Gasteiger partial charge in [0.15, 0.2) is 0 Å². The Morgan fingerprint density at radius 3 is 2.00 bits per heavy atom. The minimum Gasteiger partial charge on any atom is -0.504 e. The standard InChI is InChI=1S/C5H8O3.H6OSi2/c1-4(3-8-2)5(6)7;2-1-3/h3H,1-2H3,(H,6,7);2-3H3. The van der Waals surface area contributed by atoms with Crippen LogP contribution in [0.3, 0.4) is 0 Å². The molecule has 0 heterocycles. The lowest BCUT2D eigenvalue weighted by Crippen LogP contribution is -1.95. The largest absolute Gasteiger partial charge is 0.504 e. The van der Waals surface area contributed by atoms with Crippen LogP contribution < -0.4 is 0 Å². The average molecular weight is 194 g/mol. The zero-order chi connectivity index (χ0) is 9.28. The fraction of sp³-hybridized carbons (Fsp3) is 0.400. The smallest absolute Gasteiger partial charge is 0.334 e. The molecular weight excluding hydrogens is 180 g/mol. The Kier molecular flexibility index (Phi) is 11.1. The predicted octanol–water partition coefficient (Wildman–Crippen LogP) is -1.82. The molecule has 4 nitrogen and oxygen atoms in total. The van der Waals surface area contributed by atoms with Crippen molar-refractivity contribution >= 4 is 26.9 Å². The second kappa shape index (κ2) is 9.40. The first-order valence-electron chi connectivity index (χ1n) is 2.93. The molecule has 0 amide bonds. The number of carboxylic acid groups (broad SMARTS) is 1. The fourth-order valence-electron chi connectivity index (χ4n) is 0.227. The molecule has 66 valence electrons. The first kappa shape index (κ1) is 13.0. The lowest BCUT2D eigenvalue weighted by Gasteiger charge is -1.89. The maximum atomic E-state index is 9.94. The molecule has 0 aliphatic heterocycles. The summed E-state index contributed by atoms with van der Waals surface area (Å²) in [5.41, 5.74) is 0.201. The Labute approximate surface area is 72.3 Å². The van der Waals surface area contributed by atoms with Gasteiger partial charge in [0.25, 0.3) is 0 Å². The van der Waals surface area contributed by atoms with Crippen molar-refractivity contribution in [2.45, 2.75) is 6.92 Å². The first-order valence-corrected chi connectivity index (χ1v) is 4.56. The van der Waals surface area contributed by atoms with E-state index in [2.05, 4.69) is 8.85 Å². The first-order chi connectivity index (χ1) is 5.09. The third-order valence-corrected chi connectivity index (χ3v) is 0.632. The van der Waals surface area contributed by atoms with E-state index in [-0.39, 0.29) is 5.57 Å². The van der Waals surface area contributed by atoms with E-state index in [1.165, 1.54) is 20.3 Å². The summed E-state index contributed by atoms with van der Waals surface area (Å²) in [5, 5.41) is 8.16. The molecule has 0 bridgehead atoms. The van der Waals surface area contributed by atoms with Crippen LogP contribution in [0, 0.1) is 0 Å². The summed E-state index contributed by atoms with van der Waals surface area (Å²) < 4.78 is 8.95. The van der Waals surface area contributed by atoms with Crippen molar-refractivity contribution in [2.24, 2.45) is 0 Å².